The number of carboxylic acids is 1. The highest BCUT2D eigenvalue weighted by Gasteiger charge is 2.48. The normalized spacial score (nSPS) is 22.2. The van der Waals surface area contributed by atoms with Crippen molar-refractivity contribution >= 4 is 11.9 Å². The maximum atomic E-state index is 12.2. The Morgan fingerprint density at radius 1 is 1.45 bits per heavy atom. The number of rotatable bonds is 3. The molecule has 7 nitrogen and oxygen atoms in total. The summed E-state index contributed by atoms with van der Waals surface area (Å²) >= 11 is 0. The maximum absolute atomic E-state index is 12.2. The summed E-state index contributed by atoms with van der Waals surface area (Å²) in [5.74, 6) is -1.30. The van der Waals surface area contributed by atoms with Crippen molar-refractivity contribution in [2.45, 2.75) is 20.3 Å². The first-order valence-electron chi connectivity index (χ1n) is 6.45. The zero-order valence-corrected chi connectivity index (χ0v) is 11.4. The van der Waals surface area contributed by atoms with E-state index in [2.05, 4.69) is 10.2 Å². The molecule has 1 fully saturated rings. The van der Waals surface area contributed by atoms with Crippen molar-refractivity contribution in [3.63, 3.8) is 0 Å². The summed E-state index contributed by atoms with van der Waals surface area (Å²) in [5, 5.41) is 15.3. The largest absolute Gasteiger partial charge is 0.481 e. The number of hydrogen-bond acceptors (Lipinski definition) is 4. The van der Waals surface area contributed by atoms with E-state index in [0.29, 0.717) is 13.0 Å². The number of likely N-dealkylation sites (tertiary alicyclic amines) is 1. The second kappa shape index (κ2) is 5.07. The van der Waals surface area contributed by atoms with Gasteiger partial charge in [0.2, 0.25) is 0 Å². The Balaban J connectivity index is 2.20. The quantitative estimate of drug-likeness (QED) is 0.830. The van der Waals surface area contributed by atoms with Gasteiger partial charge in [0.15, 0.2) is 0 Å². The van der Waals surface area contributed by atoms with Gasteiger partial charge in [-0.05, 0) is 18.4 Å². The molecule has 20 heavy (non-hydrogen) atoms. The van der Waals surface area contributed by atoms with Crippen molar-refractivity contribution < 1.29 is 14.7 Å². The zero-order chi connectivity index (χ0) is 14.9. The molecule has 1 aliphatic heterocycles. The van der Waals surface area contributed by atoms with Gasteiger partial charge >= 0.3 is 5.97 Å². The van der Waals surface area contributed by atoms with Gasteiger partial charge in [-0.2, -0.15) is 5.10 Å². The van der Waals surface area contributed by atoms with Crippen LogP contribution in [0.5, 0.6) is 0 Å². The Morgan fingerprint density at radius 3 is 2.60 bits per heavy atom. The number of carbonyl (C=O) groups excluding carboxylic acids is 1. The summed E-state index contributed by atoms with van der Waals surface area (Å²) in [6.07, 6.45) is 0.426. The van der Waals surface area contributed by atoms with Crippen molar-refractivity contribution in [2.75, 3.05) is 13.1 Å². The van der Waals surface area contributed by atoms with Crippen molar-refractivity contribution in [3.8, 4) is 0 Å². The molecule has 1 saturated heterocycles. The third kappa shape index (κ3) is 2.31. The summed E-state index contributed by atoms with van der Waals surface area (Å²) in [6, 6.07) is 2.57. The van der Waals surface area contributed by atoms with Gasteiger partial charge in [0, 0.05) is 19.2 Å². The second-order valence-electron chi connectivity index (χ2n) is 5.40. The fourth-order valence-corrected chi connectivity index (χ4v) is 2.52. The smallest absolute Gasteiger partial charge is 0.311 e. The lowest BCUT2D eigenvalue weighted by Crippen LogP contribution is -2.40. The summed E-state index contributed by atoms with van der Waals surface area (Å²) in [5.41, 5.74) is -1.17. The van der Waals surface area contributed by atoms with E-state index in [1.807, 2.05) is 13.8 Å². The third-order valence-corrected chi connectivity index (χ3v) is 4.02. The molecule has 0 aliphatic carbocycles. The Hall–Kier alpha value is -2.18. The molecule has 1 amide bonds. The van der Waals surface area contributed by atoms with Crippen LogP contribution in [0.2, 0.25) is 0 Å². The Morgan fingerprint density at radius 2 is 2.15 bits per heavy atom. The van der Waals surface area contributed by atoms with Gasteiger partial charge in [0.05, 0.1) is 5.41 Å². The highest BCUT2D eigenvalue weighted by molar-refractivity contribution is 5.93. The Labute approximate surface area is 115 Å². The molecule has 2 N–H and O–H groups in total. The van der Waals surface area contributed by atoms with E-state index in [9.17, 15) is 19.5 Å². The summed E-state index contributed by atoms with van der Waals surface area (Å²) in [4.78, 5) is 36.2. The molecule has 0 aromatic carbocycles. The number of amides is 1. The minimum atomic E-state index is -0.905. The number of carbonyl (C=O) groups is 2. The van der Waals surface area contributed by atoms with Crippen LogP contribution in [0.25, 0.3) is 0 Å². The van der Waals surface area contributed by atoms with Crippen LogP contribution in [0.3, 0.4) is 0 Å². The van der Waals surface area contributed by atoms with Gasteiger partial charge in [0.1, 0.15) is 5.69 Å². The lowest BCUT2D eigenvalue weighted by Gasteiger charge is -2.28. The number of nitrogens with one attached hydrogen (secondary N) is 1. The first-order chi connectivity index (χ1) is 9.36. The van der Waals surface area contributed by atoms with Gasteiger partial charge in [-0.3, -0.25) is 14.4 Å². The van der Waals surface area contributed by atoms with Crippen LogP contribution in [0.15, 0.2) is 16.9 Å². The molecule has 1 atom stereocenters. The van der Waals surface area contributed by atoms with Crippen LogP contribution in [0.4, 0.5) is 0 Å². The number of aromatic amines is 1. The second-order valence-corrected chi connectivity index (χ2v) is 5.40. The minimum Gasteiger partial charge on any atom is -0.481 e. The molecule has 0 bridgehead atoms. The number of aromatic nitrogens is 2. The molecular weight excluding hydrogens is 262 g/mol. The first kappa shape index (κ1) is 14.2. The molecule has 0 radical (unpaired) electrons. The number of aliphatic carboxylic acids is 1. The van der Waals surface area contributed by atoms with E-state index in [1.165, 1.54) is 17.0 Å². The van der Waals surface area contributed by atoms with E-state index in [1.54, 1.807) is 0 Å². The molecule has 108 valence electrons. The lowest BCUT2D eigenvalue weighted by molar-refractivity contribution is -0.150. The lowest BCUT2D eigenvalue weighted by atomic mass is 9.76. The monoisotopic (exact) mass is 279 g/mol. The van der Waals surface area contributed by atoms with E-state index < -0.39 is 11.4 Å². The van der Waals surface area contributed by atoms with Crippen LogP contribution in [0, 0.1) is 11.3 Å². The third-order valence-electron chi connectivity index (χ3n) is 4.02. The van der Waals surface area contributed by atoms with Crippen molar-refractivity contribution in [1.29, 1.82) is 0 Å². The standard InChI is InChI=1S/C13H17N3O4/c1-8(2)13(12(19)20)5-6-16(7-13)11(18)9-3-4-10(17)15-14-9/h3-4,8H,5-7H2,1-2H3,(H,15,17)(H,19,20). The number of nitrogens with zero attached hydrogens (tertiary/aromatic N) is 2. The SMILES string of the molecule is CC(C)C1(C(=O)O)CCN(C(=O)c2ccc(=O)[nH]n2)C1. The zero-order valence-electron chi connectivity index (χ0n) is 11.4. The summed E-state index contributed by atoms with van der Waals surface area (Å²) < 4.78 is 0. The highest BCUT2D eigenvalue weighted by Crippen LogP contribution is 2.38. The van der Waals surface area contributed by atoms with Gasteiger partial charge in [-0.25, -0.2) is 5.10 Å². The highest BCUT2D eigenvalue weighted by atomic mass is 16.4. The van der Waals surface area contributed by atoms with Crippen LogP contribution >= 0.6 is 0 Å². The molecule has 1 aromatic rings. The molecule has 1 aliphatic rings. The molecule has 7 heteroatoms. The van der Waals surface area contributed by atoms with Gasteiger partial charge in [0.25, 0.3) is 11.5 Å². The molecule has 2 heterocycles. The predicted molar refractivity (Wildman–Crippen MR) is 70.3 cm³/mol. The molecular formula is C13H17N3O4. The Kier molecular flexibility index (Phi) is 3.61. The minimum absolute atomic E-state index is 0.0682. The van der Waals surface area contributed by atoms with Crippen LogP contribution in [0.1, 0.15) is 30.8 Å². The van der Waals surface area contributed by atoms with E-state index in [-0.39, 0.29) is 29.6 Å². The van der Waals surface area contributed by atoms with Gasteiger partial charge in [-0.1, -0.05) is 13.8 Å². The Bertz CT molecular complexity index is 575. The fraction of sp³-hybridized carbons (Fsp3) is 0.538. The number of H-pyrrole nitrogens is 1. The van der Waals surface area contributed by atoms with E-state index >= 15 is 0 Å². The fourth-order valence-electron chi connectivity index (χ4n) is 2.52. The topological polar surface area (TPSA) is 103 Å². The van der Waals surface area contributed by atoms with E-state index in [0.717, 1.165) is 0 Å². The molecule has 1 aromatic heterocycles. The van der Waals surface area contributed by atoms with Crippen molar-refractivity contribution in [3.05, 3.63) is 28.2 Å². The predicted octanol–water partition coefficient (Wildman–Crippen LogP) is 0.343. The van der Waals surface area contributed by atoms with Crippen molar-refractivity contribution in [1.82, 2.24) is 15.1 Å². The van der Waals surface area contributed by atoms with Crippen LogP contribution in [-0.2, 0) is 4.79 Å². The summed E-state index contributed by atoms with van der Waals surface area (Å²) in [7, 11) is 0. The molecule has 1 unspecified atom stereocenters. The number of hydrogen-bond donors (Lipinski definition) is 2. The van der Waals surface area contributed by atoms with Gasteiger partial charge < -0.3 is 10.0 Å². The average Bonchev–Trinajstić information content (AvgIpc) is 2.85. The van der Waals surface area contributed by atoms with Gasteiger partial charge in [-0.15, -0.1) is 0 Å². The maximum Gasteiger partial charge on any atom is 0.311 e. The van der Waals surface area contributed by atoms with Crippen LogP contribution in [-0.4, -0.2) is 45.2 Å². The molecule has 2 rings (SSSR count). The summed E-state index contributed by atoms with van der Waals surface area (Å²) in [6.45, 7) is 4.24. The average molecular weight is 279 g/mol. The van der Waals surface area contributed by atoms with Crippen molar-refractivity contribution in [2.24, 2.45) is 11.3 Å². The molecule has 0 saturated carbocycles. The number of carboxylic acid groups (broad SMARTS) is 1. The first-order valence-corrected chi connectivity index (χ1v) is 6.45. The van der Waals surface area contributed by atoms with E-state index in [4.69, 9.17) is 0 Å². The molecule has 0 spiro atoms. The van der Waals surface area contributed by atoms with Crippen LogP contribution < -0.4 is 5.56 Å².